The summed E-state index contributed by atoms with van der Waals surface area (Å²) in [5.41, 5.74) is -2.49. The molecule has 0 spiro atoms. The van der Waals surface area contributed by atoms with Crippen LogP contribution in [0.15, 0.2) is 12.1 Å². The number of rotatable bonds is 6. The molecule has 2 bridgehead atoms. The van der Waals surface area contributed by atoms with E-state index in [0.717, 1.165) is 0 Å². The molecule has 6 N–H and O–H groups in total. The van der Waals surface area contributed by atoms with Gasteiger partial charge < -0.3 is 50.0 Å². The molecule has 6 rings (SSSR count). The van der Waals surface area contributed by atoms with Crippen LogP contribution < -0.4 is 10.1 Å². The highest BCUT2D eigenvalue weighted by Gasteiger charge is 2.59. The smallest absolute Gasteiger partial charge is 0.228 e. The van der Waals surface area contributed by atoms with Crippen molar-refractivity contribution in [1.29, 1.82) is 0 Å². The third-order valence-electron chi connectivity index (χ3n) is 9.26. The van der Waals surface area contributed by atoms with Crippen LogP contribution in [0.4, 0.5) is 0 Å². The van der Waals surface area contributed by atoms with Gasteiger partial charge in [-0.05, 0) is 59.0 Å². The van der Waals surface area contributed by atoms with Crippen LogP contribution in [0.2, 0.25) is 0 Å². The molecule has 4 aliphatic rings. The Morgan fingerprint density at radius 3 is 2.49 bits per heavy atom. The number of fused-ring (bicyclic) bond motifs is 8. The van der Waals surface area contributed by atoms with E-state index in [1.807, 2.05) is 6.92 Å². The van der Waals surface area contributed by atoms with Gasteiger partial charge in [0.1, 0.15) is 35.1 Å². The third kappa shape index (κ3) is 4.39. The molecule has 0 radical (unpaired) electrons. The van der Waals surface area contributed by atoms with E-state index in [2.05, 4.69) is 5.32 Å². The Balaban J connectivity index is 1.50. The fourth-order valence-corrected chi connectivity index (χ4v) is 7.25. The molecule has 2 heterocycles. The quantitative estimate of drug-likeness (QED) is 0.221. The van der Waals surface area contributed by atoms with E-state index in [1.54, 1.807) is 32.8 Å². The molecule has 2 aliphatic heterocycles. The predicted molar refractivity (Wildman–Crippen MR) is 152 cm³/mol. The van der Waals surface area contributed by atoms with Crippen molar-refractivity contribution in [2.24, 2.45) is 0 Å². The Bertz CT molecular complexity index is 1520. The van der Waals surface area contributed by atoms with Crippen molar-refractivity contribution >= 4 is 11.6 Å². The van der Waals surface area contributed by atoms with Crippen LogP contribution in [-0.2, 0) is 21.5 Å². The van der Waals surface area contributed by atoms with Gasteiger partial charge in [-0.25, -0.2) is 0 Å². The molecule has 1 fully saturated rings. The number of carbonyl (C=O) groups excluding carboxylic acids is 2. The van der Waals surface area contributed by atoms with E-state index in [-0.39, 0.29) is 52.2 Å². The topological polar surface area (TPSA) is 178 Å². The largest absolute Gasteiger partial charge is 0.507 e. The minimum absolute atomic E-state index is 0.0782. The molecule has 7 atom stereocenters. The summed E-state index contributed by atoms with van der Waals surface area (Å²) in [7, 11) is 3.38. The molecule has 43 heavy (non-hydrogen) atoms. The minimum atomic E-state index is -1.50. The molecule has 0 saturated carbocycles. The minimum Gasteiger partial charge on any atom is -0.507 e. The van der Waals surface area contributed by atoms with Gasteiger partial charge in [-0.15, -0.1) is 0 Å². The van der Waals surface area contributed by atoms with Crippen molar-refractivity contribution < 1.29 is 49.3 Å². The molecule has 2 aromatic carbocycles. The standard InChI is InChI=1S/C31H38N2O10/c1-6-41-8-7-32-16-12-30(2,40)11-13-9-14-19(24(36)18(13)16)25(37)20-17(34)10-15-27(21(20)23(14)35)42-29-26(38)22(33(4)5)28(39)31(15,3)43-29/h9-10,16,22,26,28-29,32,34,36,38-40H,6-8,11-12H2,1-5H3. The van der Waals surface area contributed by atoms with Crippen LogP contribution in [0, 0.1) is 0 Å². The third-order valence-corrected chi connectivity index (χ3v) is 9.26. The van der Waals surface area contributed by atoms with Crippen LogP contribution in [0.5, 0.6) is 17.2 Å². The maximum absolute atomic E-state index is 14.2. The van der Waals surface area contributed by atoms with Gasteiger partial charge >= 0.3 is 0 Å². The zero-order chi connectivity index (χ0) is 31.2. The first kappa shape index (κ1) is 29.9. The second-order valence-electron chi connectivity index (χ2n) is 12.6. The van der Waals surface area contributed by atoms with Crippen molar-refractivity contribution in [2.45, 2.75) is 75.4 Å². The van der Waals surface area contributed by atoms with Gasteiger partial charge in [0, 0.05) is 42.3 Å². The van der Waals surface area contributed by atoms with Crippen molar-refractivity contribution in [3.8, 4) is 17.2 Å². The van der Waals surface area contributed by atoms with Crippen LogP contribution in [0.3, 0.4) is 0 Å². The molecular weight excluding hydrogens is 560 g/mol. The summed E-state index contributed by atoms with van der Waals surface area (Å²) in [6, 6.07) is 1.43. The van der Waals surface area contributed by atoms with Crippen molar-refractivity contribution in [1.82, 2.24) is 10.2 Å². The summed E-state index contributed by atoms with van der Waals surface area (Å²) >= 11 is 0. The van der Waals surface area contributed by atoms with Gasteiger partial charge in [0.2, 0.25) is 12.1 Å². The summed E-state index contributed by atoms with van der Waals surface area (Å²) in [5, 5.41) is 59.5. The van der Waals surface area contributed by atoms with Gasteiger partial charge in [-0.1, -0.05) is 0 Å². The zero-order valence-corrected chi connectivity index (χ0v) is 24.8. The molecule has 7 unspecified atom stereocenters. The van der Waals surface area contributed by atoms with Crippen LogP contribution in [0.1, 0.15) is 81.8 Å². The van der Waals surface area contributed by atoms with E-state index in [9.17, 15) is 35.1 Å². The number of phenolic OH excluding ortho intramolecular Hbond substituents is 2. The van der Waals surface area contributed by atoms with Crippen molar-refractivity contribution in [3.05, 3.63) is 51.1 Å². The van der Waals surface area contributed by atoms with Gasteiger partial charge in [0.05, 0.1) is 34.9 Å². The Morgan fingerprint density at radius 1 is 1.09 bits per heavy atom. The molecule has 1 saturated heterocycles. The first-order valence-corrected chi connectivity index (χ1v) is 14.5. The van der Waals surface area contributed by atoms with Gasteiger partial charge in [-0.3, -0.25) is 9.59 Å². The van der Waals surface area contributed by atoms with E-state index in [4.69, 9.17) is 14.2 Å². The molecule has 2 aromatic rings. The number of aromatic hydroxyl groups is 2. The summed E-state index contributed by atoms with van der Waals surface area (Å²) in [6.07, 6.45) is -3.48. The Kier molecular flexibility index (Phi) is 7.13. The number of ether oxygens (including phenoxy) is 3. The average molecular weight is 599 g/mol. The monoisotopic (exact) mass is 598 g/mol. The second-order valence-corrected chi connectivity index (χ2v) is 12.6. The van der Waals surface area contributed by atoms with Crippen LogP contribution >= 0.6 is 0 Å². The molecule has 232 valence electrons. The van der Waals surface area contributed by atoms with E-state index in [0.29, 0.717) is 30.9 Å². The van der Waals surface area contributed by atoms with Crippen molar-refractivity contribution in [3.63, 3.8) is 0 Å². The molecular formula is C31H38N2O10. The van der Waals surface area contributed by atoms with Crippen molar-refractivity contribution in [2.75, 3.05) is 33.9 Å². The molecule has 12 nitrogen and oxygen atoms in total. The van der Waals surface area contributed by atoms with Crippen LogP contribution in [-0.4, -0.2) is 106 Å². The van der Waals surface area contributed by atoms with Crippen LogP contribution in [0.25, 0.3) is 0 Å². The highest BCUT2D eigenvalue weighted by molar-refractivity contribution is 6.31. The van der Waals surface area contributed by atoms with Gasteiger partial charge in [-0.2, -0.15) is 0 Å². The maximum atomic E-state index is 14.2. The Labute approximate surface area is 248 Å². The molecule has 12 heteroatoms. The lowest BCUT2D eigenvalue weighted by molar-refractivity contribution is -0.311. The summed E-state index contributed by atoms with van der Waals surface area (Å²) in [5.74, 6) is -2.45. The zero-order valence-electron chi connectivity index (χ0n) is 24.8. The molecule has 0 amide bonds. The lowest BCUT2D eigenvalue weighted by Gasteiger charge is -2.53. The second kappa shape index (κ2) is 10.2. The first-order valence-electron chi connectivity index (χ1n) is 14.5. The number of hydrogen-bond acceptors (Lipinski definition) is 12. The number of aliphatic hydroxyl groups excluding tert-OH is 2. The summed E-state index contributed by atoms with van der Waals surface area (Å²) in [4.78, 5) is 29.9. The number of benzene rings is 2. The number of nitrogens with one attached hydrogen (secondary N) is 1. The number of aliphatic hydroxyl groups is 3. The normalized spacial score (nSPS) is 32.5. The summed E-state index contributed by atoms with van der Waals surface area (Å²) in [6.45, 7) is 6.49. The SMILES string of the molecule is CCOCCNC1CC(C)(O)Cc2cc3c(c(O)c21)C(=O)c1c(O)cc2c(c1C3=O)OC1OC2(C)C(O)C(N(C)C)C1O. The highest BCUT2D eigenvalue weighted by atomic mass is 16.7. The Morgan fingerprint density at radius 2 is 1.81 bits per heavy atom. The number of nitrogens with zero attached hydrogens (tertiary/aromatic N) is 1. The van der Waals surface area contributed by atoms with E-state index >= 15 is 0 Å². The summed E-state index contributed by atoms with van der Waals surface area (Å²) < 4.78 is 17.4. The predicted octanol–water partition coefficient (Wildman–Crippen LogP) is 0.854. The number of ketones is 2. The number of carbonyl (C=O) groups is 2. The highest BCUT2D eigenvalue weighted by Crippen LogP contribution is 2.54. The van der Waals surface area contributed by atoms with E-state index in [1.165, 1.54) is 12.1 Å². The maximum Gasteiger partial charge on any atom is 0.228 e. The molecule has 0 aromatic heterocycles. The lowest BCUT2D eigenvalue weighted by atomic mass is 9.72. The average Bonchev–Trinajstić information content (AvgIpc) is 2.92. The Hall–Kier alpha value is -3.10. The molecule has 2 aliphatic carbocycles. The number of hydrogen-bond donors (Lipinski definition) is 6. The van der Waals surface area contributed by atoms with E-state index < -0.39 is 59.1 Å². The van der Waals surface area contributed by atoms with Gasteiger partial charge in [0.15, 0.2) is 5.78 Å². The van der Waals surface area contributed by atoms with Gasteiger partial charge in [0.25, 0.3) is 0 Å². The fourth-order valence-electron chi connectivity index (χ4n) is 7.25. The number of likely N-dealkylation sites (N-methyl/N-ethyl adjacent to an activating group) is 1. The lowest BCUT2D eigenvalue weighted by Crippen LogP contribution is -2.68. The fraction of sp³-hybridized carbons (Fsp3) is 0.548. The number of phenols is 2. The first-order chi connectivity index (χ1) is 20.2.